The molecule has 2 aliphatic heterocycles. The molecule has 116 valence electrons. The van der Waals surface area contributed by atoms with E-state index in [1.54, 1.807) is 0 Å². The normalized spacial score (nSPS) is 21.7. The van der Waals surface area contributed by atoms with Gasteiger partial charge in [-0.3, -0.25) is 0 Å². The Labute approximate surface area is 125 Å². The molecule has 0 spiro atoms. The number of rotatable bonds is 3. The van der Waals surface area contributed by atoms with Gasteiger partial charge in [-0.2, -0.15) is 15.0 Å². The third kappa shape index (κ3) is 2.88. The molecule has 0 bridgehead atoms. The van der Waals surface area contributed by atoms with Crippen LogP contribution in [0, 0.1) is 0 Å². The van der Waals surface area contributed by atoms with Crippen molar-refractivity contribution in [1.82, 2.24) is 15.0 Å². The van der Waals surface area contributed by atoms with Gasteiger partial charge >= 0.3 is 0 Å². The quantitative estimate of drug-likeness (QED) is 0.895. The van der Waals surface area contributed by atoms with Gasteiger partial charge in [0.1, 0.15) is 0 Å². The van der Waals surface area contributed by atoms with Crippen LogP contribution in [0.5, 0.6) is 0 Å². The number of aromatic nitrogens is 3. The first-order chi connectivity index (χ1) is 10.1. The van der Waals surface area contributed by atoms with Crippen molar-refractivity contribution in [3.8, 4) is 0 Å². The molecule has 0 aromatic carbocycles. The Morgan fingerprint density at radius 3 is 2.38 bits per heavy atom. The maximum absolute atomic E-state index is 5.40. The van der Waals surface area contributed by atoms with Crippen molar-refractivity contribution in [3.05, 3.63) is 0 Å². The van der Waals surface area contributed by atoms with E-state index in [0.29, 0.717) is 5.95 Å². The number of nitrogens with one attached hydrogen (secondary N) is 1. The standard InChI is InChI=1S/C14H24N6O/c1-14(2)5-4-6-20(14)13-17-11(15-3)16-12(18-13)19-7-9-21-10-8-19/h4-10H2,1-3H3,(H,15,16,17,18). The number of nitrogens with zero attached hydrogens (tertiary/aromatic N) is 5. The molecule has 0 aliphatic carbocycles. The van der Waals surface area contributed by atoms with Crippen LogP contribution in [0.4, 0.5) is 17.8 Å². The SMILES string of the molecule is CNc1nc(N2CCOCC2)nc(N2CCCC2(C)C)n1. The minimum Gasteiger partial charge on any atom is -0.378 e. The molecule has 2 saturated heterocycles. The van der Waals surface area contributed by atoms with Crippen molar-refractivity contribution in [2.45, 2.75) is 32.2 Å². The van der Waals surface area contributed by atoms with Crippen molar-refractivity contribution >= 4 is 17.8 Å². The highest BCUT2D eigenvalue weighted by atomic mass is 16.5. The fourth-order valence-electron chi connectivity index (χ4n) is 2.97. The Bertz CT molecular complexity index is 500. The minimum absolute atomic E-state index is 0.106. The van der Waals surface area contributed by atoms with Crippen LogP contribution >= 0.6 is 0 Å². The molecule has 1 N–H and O–H groups in total. The van der Waals surface area contributed by atoms with Crippen molar-refractivity contribution in [2.75, 3.05) is 55.0 Å². The van der Waals surface area contributed by atoms with E-state index < -0.39 is 0 Å². The van der Waals surface area contributed by atoms with Crippen LogP contribution in [0.3, 0.4) is 0 Å². The Kier molecular flexibility index (Phi) is 3.84. The lowest BCUT2D eigenvalue weighted by Crippen LogP contribution is -2.41. The smallest absolute Gasteiger partial charge is 0.232 e. The van der Waals surface area contributed by atoms with Gasteiger partial charge in [-0.25, -0.2) is 0 Å². The highest BCUT2D eigenvalue weighted by Crippen LogP contribution is 2.32. The summed E-state index contributed by atoms with van der Waals surface area (Å²) in [5, 5.41) is 3.05. The molecule has 0 amide bonds. The molecule has 0 atom stereocenters. The van der Waals surface area contributed by atoms with Crippen LogP contribution in [0.2, 0.25) is 0 Å². The van der Waals surface area contributed by atoms with Gasteiger partial charge in [-0.05, 0) is 26.7 Å². The van der Waals surface area contributed by atoms with Gasteiger partial charge in [-0.1, -0.05) is 0 Å². The summed E-state index contributed by atoms with van der Waals surface area (Å²) >= 11 is 0. The van der Waals surface area contributed by atoms with Crippen LogP contribution < -0.4 is 15.1 Å². The van der Waals surface area contributed by atoms with Crippen molar-refractivity contribution in [3.63, 3.8) is 0 Å². The van der Waals surface area contributed by atoms with Crippen LogP contribution in [-0.4, -0.2) is 60.4 Å². The molecule has 2 aliphatic rings. The lowest BCUT2D eigenvalue weighted by atomic mass is 10.0. The van der Waals surface area contributed by atoms with Crippen molar-refractivity contribution < 1.29 is 4.74 Å². The molecule has 3 rings (SSSR count). The van der Waals surface area contributed by atoms with Crippen LogP contribution in [0.1, 0.15) is 26.7 Å². The molecular formula is C14H24N6O. The van der Waals surface area contributed by atoms with E-state index in [1.165, 1.54) is 12.8 Å². The van der Waals surface area contributed by atoms with E-state index in [0.717, 1.165) is 44.7 Å². The van der Waals surface area contributed by atoms with E-state index in [9.17, 15) is 0 Å². The van der Waals surface area contributed by atoms with Gasteiger partial charge in [0.05, 0.1) is 13.2 Å². The molecule has 0 saturated carbocycles. The molecule has 0 unspecified atom stereocenters. The predicted octanol–water partition coefficient (Wildman–Crippen LogP) is 1.13. The van der Waals surface area contributed by atoms with Gasteiger partial charge in [-0.15, -0.1) is 0 Å². The Balaban J connectivity index is 1.93. The summed E-state index contributed by atoms with van der Waals surface area (Å²) < 4.78 is 5.40. The van der Waals surface area contributed by atoms with Crippen LogP contribution in [-0.2, 0) is 4.74 Å². The summed E-state index contributed by atoms with van der Waals surface area (Å²) in [6, 6.07) is 0. The first-order valence-corrected chi connectivity index (χ1v) is 7.64. The average molecular weight is 292 g/mol. The monoisotopic (exact) mass is 292 g/mol. The molecule has 0 radical (unpaired) electrons. The first kappa shape index (κ1) is 14.3. The van der Waals surface area contributed by atoms with Crippen LogP contribution in [0.25, 0.3) is 0 Å². The van der Waals surface area contributed by atoms with Crippen LogP contribution in [0.15, 0.2) is 0 Å². The fourth-order valence-corrected chi connectivity index (χ4v) is 2.97. The van der Waals surface area contributed by atoms with Gasteiger partial charge in [0.25, 0.3) is 0 Å². The molecule has 3 heterocycles. The van der Waals surface area contributed by atoms with Gasteiger partial charge in [0, 0.05) is 32.2 Å². The Hall–Kier alpha value is -1.63. The maximum atomic E-state index is 5.40. The summed E-state index contributed by atoms with van der Waals surface area (Å²) in [5.74, 6) is 2.15. The molecule has 1 aromatic heterocycles. The zero-order valence-corrected chi connectivity index (χ0v) is 13.1. The number of hydrogen-bond acceptors (Lipinski definition) is 7. The summed E-state index contributed by atoms with van der Waals surface area (Å²) in [7, 11) is 1.84. The molecular weight excluding hydrogens is 268 g/mol. The van der Waals surface area contributed by atoms with E-state index in [2.05, 4.69) is 38.9 Å². The highest BCUT2D eigenvalue weighted by Gasteiger charge is 2.34. The number of anilines is 3. The Morgan fingerprint density at radius 1 is 1.05 bits per heavy atom. The molecule has 1 aromatic rings. The molecule has 7 nitrogen and oxygen atoms in total. The van der Waals surface area contributed by atoms with Gasteiger partial charge in [0.2, 0.25) is 17.8 Å². The topological polar surface area (TPSA) is 66.4 Å². The molecule has 2 fully saturated rings. The highest BCUT2D eigenvalue weighted by molar-refractivity contribution is 5.47. The second-order valence-corrected chi connectivity index (χ2v) is 6.18. The third-order valence-electron chi connectivity index (χ3n) is 4.27. The van der Waals surface area contributed by atoms with Gasteiger partial charge in [0.15, 0.2) is 0 Å². The summed E-state index contributed by atoms with van der Waals surface area (Å²) in [4.78, 5) is 18.2. The predicted molar refractivity (Wildman–Crippen MR) is 83.1 cm³/mol. The third-order valence-corrected chi connectivity index (χ3v) is 4.27. The summed E-state index contributed by atoms with van der Waals surface area (Å²) in [6.07, 6.45) is 2.35. The van der Waals surface area contributed by atoms with Crippen molar-refractivity contribution in [2.24, 2.45) is 0 Å². The first-order valence-electron chi connectivity index (χ1n) is 7.64. The van der Waals surface area contributed by atoms with E-state index in [-0.39, 0.29) is 5.54 Å². The lowest BCUT2D eigenvalue weighted by Gasteiger charge is -2.33. The fraction of sp³-hybridized carbons (Fsp3) is 0.786. The zero-order valence-electron chi connectivity index (χ0n) is 13.1. The number of hydrogen-bond donors (Lipinski definition) is 1. The van der Waals surface area contributed by atoms with E-state index in [4.69, 9.17) is 9.72 Å². The van der Waals surface area contributed by atoms with E-state index in [1.807, 2.05) is 7.05 Å². The number of morpholine rings is 1. The zero-order chi connectivity index (χ0) is 14.9. The summed E-state index contributed by atoms with van der Waals surface area (Å²) in [5.41, 5.74) is 0.106. The molecule has 21 heavy (non-hydrogen) atoms. The summed E-state index contributed by atoms with van der Waals surface area (Å²) in [6.45, 7) is 8.61. The maximum Gasteiger partial charge on any atom is 0.232 e. The van der Waals surface area contributed by atoms with Crippen molar-refractivity contribution in [1.29, 1.82) is 0 Å². The lowest BCUT2D eigenvalue weighted by molar-refractivity contribution is 0.122. The average Bonchev–Trinajstić information content (AvgIpc) is 2.87. The minimum atomic E-state index is 0.106. The largest absolute Gasteiger partial charge is 0.378 e. The second-order valence-electron chi connectivity index (χ2n) is 6.18. The number of ether oxygens (including phenoxy) is 1. The molecule has 7 heteroatoms. The second kappa shape index (κ2) is 5.63. The van der Waals surface area contributed by atoms with Gasteiger partial charge < -0.3 is 19.9 Å². The Morgan fingerprint density at radius 2 is 1.76 bits per heavy atom. The van der Waals surface area contributed by atoms with E-state index >= 15 is 0 Å².